The highest BCUT2D eigenvalue weighted by Crippen LogP contribution is 2.27. The molecule has 2 aromatic carbocycles. The summed E-state index contributed by atoms with van der Waals surface area (Å²) in [5.41, 5.74) is 1.67. The molecule has 2 rings (SSSR count). The van der Waals surface area contributed by atoms with E-state index in [1.54, 1.807) is 43.3 Å². The maximum atomic E-state index is 13.3. The van der Waals surface area contributed by atoms with Crippen LogP contribution in [0.1, 0.15) is 18.1 Å². The lowest BCUT2D eigenvalue weighted by molar-refractivity contribution is -0.139. The van der Waals surface area contributed by atoms with Crippen LogP contribution >= 0.6 is 23.2 Å². The molecule has 1 atom stereocenters. The minimum atomic E-state index is -3.77. The summed E-state index contributed by atoms with van der Waals surface area (Å²) in [5, 5.41) is 3.19. The van der Waals surface area contributed by atoms with Gasteiger partial charge in [-0.25, -0.2) is 8.42 Å². The van der Waals surface area contributed by atoms with E-state index >= 15 is 0 Å². The first kappa shape index (κ1) is 25.0. The summed E-state index contributed by atoms with van der Waals surface area (Å²) in [6, 6.07) is 10.9. The van der Waals surface area contributed by atoms with Gasteiger partial charge >= 0.3 is 0 Å². The number of aryl methyl sites for hydroxylation is 1. The van der Waals surface area contributed by atoms with Gasteiger partial charge in [-0.2, -0.15) is 0 Å². The highest BCUT2D eigenvalue weighted by molar-refractivity contribution is 7.92. The standard InChI is InChI=1S/C21H25Cl2N3O4S/c1-14-7-5-8-16(11-14)26(31(4,29)30)13-20(27)25(15(2)21(28)24-3)12-17-18(22)9-6-10-19(17)23/h5-11,15H,12-13H2,1-4H3,(H,24,28)/t15-/m0/s1. The Balaban J connectivity index is 2.44. The van der Waals surface area contributed by atoms with Crippen molar-refractivity contribution in [1.82, 2.24) is 10.2 Å². The molecule has 31 heavy (non-hydrogen) atoms. The maximum absolute atomic E-state index is 13.3. The van der Waals surface area contributed by atoms with E-state index in [4.69, 9.17) is 23.2 Å². The zero-order valence-corrected chi connectivity index (χ0v) is 20.1. The van der Waals surface area contributed by atoms with E-state index in [-0.39, 0.29) is 6.54 Å². The number of sulfonamides is 1. The normalized spacial score (nSPS) is 12.2. The monoisotopic (exact) mass is 485 g/mol. The zero-order valence-electron chi connectivity index (χ0n) is 17.7. The van der Waals surface area contributed by atoms with E-state index in [1.165, 1.54) is 11.9 Å². The number of carbonyl (C=O) groups excluding carboxylic acids is 2. The third kappa shape index (κ3) is 6.35. The number of anilines is 1. The fourth-order valence-electron chi connectivity index (χ4n) is 3.04. The molecule has 0 bridgehead atoms. The van der Waals surface area contributed by atoms with Crippen molar-refractivity contribution >= 4 is 50.7 Å². The van der Waals surface area contributed by atoms with Gasteiger partial charge in [0.25, 0.3) is 0 Å². The minimum Gasteiger partial charge on any atom is -0.357 e. The summed E-state index contributed by atoms with van der Waals surface area (Å²) in [5.74, 6) is -0.975. The molecule has 7 nitrogen and oxygen atoms in total. The molecule has 168 valence electrons. The lowest BCUT2D eigenvalue weighted by Crippen LogP contribution is -2.50. The largest absolute Gasteiger partial charge is 0.357 e. The molecule has 0 saturated carbocycles. The molecule has 0 aliphatic carbocycles. The molecular formula is C21H25Cl2N3O4S. The van der Waals surface area contributed by atoms with Gasteiger partial charge in [0.05, 0.1) is 11.9 Å². The maximum Gasteiger partial charge on any atom is 0.244 e. The molecule has 0 aliphatic heterocycles. The van der Waals surface area contributed by atoms with Crippen molar-refractivity contribution in [2.24, 2.45) is 0 Å². The molecule has 0 saturated heterocycles. The molecule has 0 fully saturated rings. The Hall–Kier alpha value is -2.29. The average Bonchev–Trinajstić information content (AvgIpc) is 2.69. The van der Waals surface area contributed by atoms with Crippen LogP contribution in [0, 0.1) is 6.92 Å². The number of benzene rings is 2. The first-order valence-electron chi connectivity index (χ1n) is 9.44. The number of nitrogens with zero attached hydrogens (tertiary/aromatic N) is 2. The smallest absolute Gasteiger partial charge is 0.244 e. The van der Waals surface area contributed by atoms with E-state index in [2.05, 4.69) is 5.32 Å². The van der Waals surface area contributed by atoms with Crippen LogP contribution < -0.4 is 9.62 Å². The van der Waals surface area contributed by atoms with Crippen LogP contribution in [0.15, 0.2) is 42.5 Å². The fraction of sp³-hybridized carbons (Fsp3) is 0.333. The predicted molar refractivity (Wildman–Crippen MR) is 124 cm³/mol. The van der Waals surface area contributed by atoms with Crippen molar-refractivity contribution in [1.29, 1.82) is 0 Å². The van der Waals surface area contributed by atoms with Crippen LogP contribution in [0.25, 0.3) is 0 Å². The van der Waals surface area contributed by atoms with Gasteiger partial charge in [-0.15, -0.1) is 0 Å². The summed E-state index contributed by atoms with van der Waals surface area (Å²) < 4.78 is 25.9. The molecule has 1 N–H and O–H groups in total. The molecule has 10 heteroatoms. The molecule has 0 radical (unpaired) electrons. The summed E-state index contributed by atoms with van der Waals surface area (Å²) in [6.45, 7) is 2.84. The lowest BCUT2D eigenvalue weighted by Gasteiger charge is -2.31. The summed E-state index contributed by atoms with van der Waals surface area (Å²) in [6.07, 6.45) is 1.03. The van der Waals surface area contributed by atoms with Gasteiger partial charge in [0.2, 0.25) is 21.8 Å². The van der Waals surface area contributed by atoms with E-state index in [0.29, 0.717) is 21.3 Å². The first-order valence-corrected chi connectivity index (χ1v) is 12.0. The Kier molecular flexibility index (Phi) is 8.34. The fourth-order valence-corrected chi connectivity index (χ4v) is 4.40. The van der Waals surface area contributed by atoms with Gasteiger partial charge in [-0.05, 0) is 43.7 Å². The number of likely N-dealkylation sites (N-methyl/N-ethyl adjacent to an activating group) is 1. The van der Waals surface area contributed by atoms with E-state index in [9.17, 15) is 18.0 Å². The van der Waals surface area contributed by atoms with Crippen molar-refractivity contribution in [2.45, 2.75) is 26.4 Å². The highest BCUT2D eigenvalue weighted by atomic mass is 35.5. The molecule has 0 heterocycles. The molecular weight excluding hydrogens is 461 g/mol. The topological polar surface area (TPSA) is 86.8 Å². The van der Waals surface area contributed by atoms with Gasteiger partial charge in [0.15, 0.2) is 0 Å². The van der Waals surface area contributed by atoms with Crippen LogP contribution in [-0.2, 0) is 26.2 Å². The minimum absolute atomic E-state index is 0.0582. The molecule has 2 aromatic rings. The van der Waals surface area contributed by atoms with Gasteiger partial charge in [0.1, 0.15) is 12.6 Å². The molecule has 0 aliphatic rings. The van der Waals surface area contributed by atoms with E-state index in [1.807, 2.05) is 13.0 Å². The Morgan fingerprint density at radius 3 is 2.19 bits per heavy atom. The van der Waals surface area contributed by atoms with Gasteiger partial charge in [-0.3, -0.25) is 13.9 Å². The summed E-state index contributed by atoms with van der Waals surface area (Å²) in [7, 11) is -2.31. The van der Waals surface area contributed by atoms with Crippen LogP contribution in [0.4, 0.5) is 5.69 Å². The van der Waals surface area contributed by atoms with Crippen LogP contribution in [0.2, 0.25) is 10.0 Å². The number of nitrogens with one attached hydrogen (secondary N) is 1. The molecule has 2 amide bonds. The number of carbonyl (C=O) groups is 2. The first-order chi connectivity index (χ1) is 14.5. The van der Waals surface area contributed by atoms with Crippen LogP contribution in [-0.4, -0.2) is 51.0 Å². The number of rotatable bonds is 8. The van der Waals surface area contributed by atoms with E-state index in [0.717, 1.165) is 16.1 Å². The molecule has 0 aromatic heterocycles. The second-order valence-corrected chi connectivity index (χ2v) is 9.84. The highest BCUT2D eigenvalue weighted by Gasteiger charge is 2.30. The lowest BCUT2D eigenvalue weighted by atomic mass is 10.1. The van der Waals surface area contributed by atoms with Crippen molar-refractivity contribution in [3.05, 3.63) is 63.6 Å². The Bertz CT molecular complexity index is 1060. The second kappa shape index (κ2) is 10.3. The number of hydrogen-bond donors (Lipinski definition) is 1. The molecule has 0 unspecified atom stereocenters. The van der Waals surface area contributed by atoms with Crippen molar-refractivity contribution in [3.8, 4) is 0 Å². The predicted octanol–water partition coefficient (Wildman–Crippen LogP) is 3.23. The Morgan fingerprint density at radius 1 is 1.10 bits per heavy atom. The summed E-state index contributed by atoms with van der Waals surface area (Å²) in [4.78, 5) is 26.9. The van der Waals surface area contributed by atoms with Gasteiger partial charge in [-0.1, -0.05) is 41.4 Å². The summed E-state index contributed by atoms with van der Waals surface area (Å²) >= 11 is 12.5. The van der Waals surface area contributed by atoms with E-state index < -0.39 is 34.4 Å². The third-order valence-electron chi connectivity index (χ3n) is 4.77. The quantitative estimate of drug-likeness (QED) is 0.621. The third-order valence-corrected chi connectivity index (χ3v) is 6.62. The number of hydrogen-bond acceptors (Lipinski definition) is 4. The van der Waals surface area contributed by atoms with Crippen LogP contribution in [0.5, 0.6) is 0 Å². The SMILES string of the molecule is CNC(=O)[C@H](C)N(Cc1c(Cl)cccc1Cl)C(=O)CN(c1cccc(C)c1)S(C)(=O)=O. The Morgan fingerprint density at radius 2 is 1.68 bits per heavy atom. The van der Waals surface area contributed by atoms with Crippen molar-refractivity contribution < 1.29 is 18.0 Å². The van der Waals surface area contributed by atoms with Crippen LogP contribution in [0.3, 0.4) is 0 Å². The van der Waals surface area contributed by atoms with Gasteiger partial charge in [0, 0.05) is 29.2 Å². The van der Waals surface area contributed by atoms with Crippen molar-refractivity contribution in [2.75, 3.05) is 24.2 Å². The van der Waals surface area contributed by atoms with Crippen molar-refractivity contribution in [3.63, 3.8) is 0 Å². The second-order valence-electron chi connectivity index (χ2n) is 7.12. The number of amides is 2. The van der Waals surface area contributed by atoms with Gasteiger partial charge < -0.3 is 10.2 Å². The molecule has 0 spiro atoms. The zero-order chi connectivity index (χ0) is 23.3. The Labute approximate surface area is 193 Å². The number of halogens is 2. The average molecular weight is 486 g/mol.